The zero-order chi connectivity index (χ0) is 10.1. The van der Waals surface area contributed by atoms with Gasteiger partial charge in [0.1, 0.15) is 0 Å². The van der Waals surface area contributed by atoms with Crippen LogP contribution < -0.4 is 5.73 Å². The molecule has 0 fully saturated rings. The number of thiophene rings is 1. The van der Waals surface area contributed by atoms with Crippen molar-refractivity contribution in [2.75, 3.05) is 0 Å². The molecule has 0 aliphatic rings. The largest absolute Gasteiger partial charge is 0.438 e. The number of nitrogens with two attached hydrogens (primary N) is 1. The summed E-state index contributed by atoms with van der Waals surface area (Å²) < 4.78 is 5.46. The molecule has 0 aromatic carbocycles. The first kappa shape index (κ1) is 9.43. The van der Waals surface area contributed by atoms with Crippen LogP contribution in [0.1, 0.15) is 16.3 Å². The van der Waals surface area contributed by atoms with Gasteiger partial charge >= 0.3 is 0 Å². The minimum atomic E-state index is 0.351. The van der Waals surface area contributed by atoms with Crippen molar-refractivity contribution in [1.82, 2.24) is 4.98 Å². The second kappa shape index (κ2) is 3.55. The second-order valence-electron chi connectivity index (χ2n) is 3.17. The van der Waals surface area contributed by atoms with Gasteiger partial charge < -0.3 is 10.2 Å². The number of hydrogen-bond donors (Lipinski definition) is 1. The van der Waals surface area contributed by atoms with Crippen LogP contribution in [0.15, 0.2) is 16.7 Å². The molecule has 0 bridgehead atoms. The van der Waals surface area contributed by atoms with Gasteiger partial charge in [0.05, 0.1) is 17.6 Å². The molecule has 0 saturated heterocycles. The van der Waals surface area contributed by atoms with E-state index < -0.39 is 0 Å². The summed E-state index contributed by atoms with van der Waals surface area (Å²) in [6, 6.07) is 2.11. The molecule has 0 aliphatic carbocycles. The number of aromatic nitrogens is 1. The Morgan fingerprint density at radius 1 is 1.50 bits per heavy atom. The van der Waals surface area contributed by atoms with E-state index in [1.54, 1.807) is 17.5 Å². The molecule has 0 atom stereocenters. The standard InChI is InChI=1S/C10H12N2OS/c1-6-3-9(14-7(6)2)8-5-12-10(4-11)13-8/h3,5H,4,11H2,1-2H3. The summed E-state index contributed by atoms with van der Waals surface area (Å²) in [4.78, 5) is 6.49. The van der Waals surface area contributed by atoms with Gasteiger partial charge in [-0.3, -0.25) is 0 Å². The van der Waals surface area contributed by atoms with Crippen molar-refractivity contribution in [1.29, 1.82) is 0 Å². The van der Waals surface area contributed by atoms with Crippen LogP contribution in [0.2, 0.25) is 0 Å². The molecule has 0 unspecified atom stereocenters. The lowest BCUT2D eigenvalue weighted by Gasteiger charge is -1.87. The van der Waals surface area contributed by atoms with Gasteiger partial charge in [-0.15, -0.1) is 11.3 Å². The summed E-state index contributed by atoms with van der Waals surface area (Å²) in [6.45, 7) is 4.54. The zero-order valence-electron chi connectivity index (χ0n) is 8.20. The van der Waals surface area contributed by atoms with Crippen LogP contribution in [0, 0.1) is 13.8 Å². The number of oxazole rings is 1. The fourth-order valence-corrected chi connectivity index (χ4v) is 2.19. The molecule has 2 aromatic rings. The Kier molecular flexibility index (Phi) is 2.39. The topological polar surface area (TPSA) is 52.0 Å². The SMILES string of the molecule is Cc1cc(-c2cnc(CN)o2)sc1C. The monoisotopic (exact) mass is 208 g/mol. The normalized spacial score (nSPS) is 10.8. The number of hydrogen-bond acceptors (Lipinski definition) is 4. The van der Waals surface area contributed by atoms with Crippen molar-refractivity contribution in [2.45, 2.75) is 20.4 Å². The maximum absolute atomic E-state index is 5.46. The van der Waals surface area contributed by atoms with E-state index in [9.17, 15) is 0 Å². The van der Waals surface area contributed by atoms with Gasteiger partial charge in [-0.2, -0.15) is 0 Å². The van der Waals surface area contributed by atoms with Crippen molar-refractivity contribution in [3.8, 4) is 10.6 Å². The van der Waals surface area contributed by atoms with Crippen LogP contribution in [0.5, 0.6) is 0 Å². The van der Waals surface area contributed by atoms with Crippen molar-refractivity contribution < 1.29 is 4.42 Å². The molecule has 0 radical (unpaired) electrons. The Morgan fingerprint density at radius 2 is 2.29 bits per heavy atom. The van der Waals surface area contributed by atoms with Gasteiger partial charge in [0.15, 0.2) is 5.76 Å². The first-order chi connectivity index (χ1) is 6.70. The van der Waals surface area contributed by atoms with Crippen molar-refractivity contribution >= 4 is 11.3 Å². The zero-order valence-corrected chi connectivity index (χ0v) is 9.02. The van der Waals surface area contributed by atoms with Crippen LogP contribution in [0.3, 0.4) is 0 Å². The number of nitrogens with zero attached hydrogens (tertiary/aromatic N) is 1. The highest BCUT2D eigenvalue weighted by atomic mass is 32.1. The Morgan fingerprint density at radius 3 is 2.79 bits per heavy atom. The van der Waals surface area contributed by atoms with E-state index in [0.717, 1.165) is 10.6 Å². The second-order valence-corrected chi connectivity index (χ2v) is 4.43. The number of aryl methyl sites for hydroxylation is 2. The van der Waals surface area contributed by atoms with Crippen molar-refractivity contribution in [3.05, 3.63) is 28.6 Å². The van der Waals surface area contributed by atoms with Crippen LogP contribution in [0.4, 0.5) is 0 Å². The van der Waals surface area contributed by atoms with Gasteiger partial charge in [0.25, 0.3) is 0 Å². The number of rotatable bonds is 2. The van der Waals surface area contributed by atoms with Crippen LogP contribution in [-0.4, -0.2) is 4.98 Å². The first-order valence-corrected chi connectivity index (χ1v) is 5.24. The quantitative estimate of drug-likeness (QED) is 0.824. The van der Waals surface area contributed by atoms with Gasteiger partial charge in [0, 0.05) is 4.88 Å². The lowest BCUT2D eigenvalue weighted by molar-refractivity contribution is 0.510. The van der Waals surface area contributed by atoms with Crippen LogP contribution >= 0.6 is 11.3 Å². The molecular weight excluding hydrogens is 196 g/mol. The molecule has 0 amide bonds. The molecule has 2 aromatic heterocycles. The van der Waals surface area contributed by atoms with E-state index in [2.05, 4.69) is 24.9 Å². The molecule has 4 heteroatoms. The third-order valence-electron chi connectivity index (χ3n) is 2.14. The summed E-state index contributed by atoms with van der Waals surface area (Å²) in [5, 5.41) is 0. The molecule has 0 aliphatic heterocycles. The third kappa shape index (κ3) is 1.58. The average Bonchev–Trinajstić information content (AvgIpc) is 2.74. The molecule has 3 nitrogen and oxygen atoms in total. The Hall–Kier alpha value is -1.13. The summed E-state index contributed by atoms with van der Waals surface area (Å²) >= 11 is 1.72. The molecular formula is C10H12N2OS. The molecule has 14 heavy (non-hydrogen) atoms. The minimum Gasteiger partial charge on any atom is -0.438 e. The highest BCUT2D eigenvalue weighted by Gasteiger charge is 2.08. The first-order valence-electron chi connectivity index (χ1n) is 4.43. The third-order valence-corrected chi connectivity index (χ3v) is 3.30. The Labute approximate surface area is 86.6 Å². The molecule has 2 heterocycles. The Bertz CT molecular complexity index is 425. The van der Waals surface area contributed by atoms with Gasteiger partial charge in [-0.05, 0) is 25.5 Å². The van der Waals surface area contributed by atoms with Gasteiger partial charge in [0.2, 0.25) is 5.89 Å². The highest BCUT2D eigenvalue weighted by Crippen LogP contribution is 2.30. The summed E-state index contributed by atoms with van der Waals surface area (Å²) in [5.74, 6) is 1.40. The fraction of sp³-hybridized carbons (Fsp3) is 0.300. The van der Waals surface area contributed by atoms with E-state index in [-0.39, 0.29) is 0 Å². The lowest BCUT2D eigenvalue weighted by atomic mass is 10.3. The molecule has 0 spiro atoms. The van der Waals surface area contributed by atoms with Crippen molar-refractivity contribution in [3.63, 3.8) is 0 Å². The minimum absolute atomic E-state index is 0.351. The predicted octanol–water partition coefficient (Wildman–Crippen LogP) is 2.48. The van der Waals surface area contributed by atoms with Crippen LogP contribution in [0.25, 0.3) is 10.6 Å². The molecule has 0 saturated carbocycles. The van der Waals surface area contributed by atoms with Crippen molar-refractivity contribution in [2.24, 2.45) is 5.73 Å². The fourth-order valence-electron chi connectivity index (χ4n) is 1.21. The maximum atomic E-state index is 5.46. The Balaban J connectivity index is 2.39. The average molecular weight is 208 g/mol. The summed E-state index contributed by atoms with van der Waals surface area (Å²) in [6.07, 6.45) is 1.73. The van der Waals surface area contributed by atoms with E-state index in [1.807, 2.05) is 0 Å². The predicted molar refractivity (Wildman–Crippen MR) is 57.2 cm³/mol. The summed E-state index contributed by atoms with van der Waals surface area (Å²) in [7, 11) is 0. The van der Waals surface area contributed by atoms with E-state index in [4.69, 9.17) is 10.2 Å². The van der Waals surface area contributed by atoms with Gasteiger partial charge in [-0.1, -0.05) is 0 Å². The smallest absolute Gasteiger partial charge is 0.208 e. The van der Waals surface area contributed by atoms with Crippen LogP contribution in [-0.2, 0) is 6.54 Å². The maximum Gasteiger partial charge on any atom is 0.208 e. The lowest BCUT2D eigenvalue weighted by Crippen LogP contribution is -1.94. The van der Waals surface area contributed by atoms with E-state index >= 15 is 0 Å². The van der Waals surface area contributed by atoms with E-state index in [1.165, 1.54) is 10.4 Å². The van der Waals surface area contributed by atoms with E-state index in [0.29, 0.717) is 12.4 Å². The highest BCUT2D eigenvalue weighted by molar-refractivity contribution is 7.15. The molecule has 74 valence electrons. The molecule has 2 rings (SSSR count). The van der Waals surface area contributed by atoms with Gasteiger partial charge in [-0.25, -0.2) is 4.98 Å². The summed E-state index contributed by atoms with van der Waals surface area (Å²) in [5.41, 5.74) is 6.71. The molecule has 2 N–H and O–H groups in total.